The van der Waals surface area contributed by atoms with Crippen LogP contribution in [0.1, 0.15) is 41.4 Å². The highest BCUT2D eigenvalue weighted by Gasteiger charge is 2.42. The summed E-state index contributed by atoms with van der Waals surface area (Å²) < 4.78 is 40.2. The highest BCUT2D eigenvalue weighted by atomic mass is 32.2. The third kappa shape index (κ3) is 4.91. The van der Waals surface area contributed by atoms with E-state index < -0.39 is 16.1 Å². The van der Waals surface area contributed by atoms with Crippen molar-refractivity contribution in [3.8, 4) is 10.4 Å². The number of cyclic esters (lactones) is 1. The maximum atomic E-state index is 13.6. The van der Waals surface area contributed by atoms with Crippen LogP contribution in [0.15, 0.2) is 35.2 Å². The lowest BCUT2D eigenvalue weighted by Gasteiger charge is -2.27. The number of anilines is 3. The number of fused-ring (bicyclic) bond motifs is 1. The molecule has 4 aliphatic rings. The maximum Gasteiger partial charge on any atom is 0.415 e. The summed E-state index contributed by atoms with van der Waals surface area (Å²) in [4.78, 5) is 38.9. The molecular formula is C28H30N6O6S2. The van der Waals surface area contributed by atoms with Crippen LogP contribution >= 0.6 is 11.3 Å². The van der Waals surface area contributed by atoms with Gasteiger partial charge in [0, 0.05) is 12.6 Å². The summed E-state index contributed by atoms with van der Waals surface area (Å²) in [6, 6.07) is 8.54. The number of rotatable bonds is 9. The molecule has 1 saturated carbocycles. The molecule has 3 fully saturated rings. The van der Waals surface area contributed by atoms with Crippen molar-refractivity contribution in [2.45, 2.75) is 50.2 Å². The van der Waals surface area contributed by atoms with Gasteiger partial charge in [0.2, 0.25) is 10.0 Å². The minimum Gasteiger partial charge on any atom is -0.447 e. The highest BCUT2D eigenvalue weighted by Crippen LogP contribution is 2.42. The van der Waals surface area contributed by atoms with Gasteiger partial charge in [-0.15, -0.1) is 0 Å². The number of pyridine rings is 1. The molecule has 5 heterocycles. The standard InChI is InChI=1S/C28H30N6O6S2/c1-15-25(41-27(29-15)31-22-4-3-5-23(30-22)33-8-9-40-28(33)36)18-10-19-12-34(16(2)17-6-7-17)26(35)24(19)21(11-18)42(37,38)32-20-13-39-14-20/h3-5,10-11,16-17,20,32H,6-9,12-14H2,1-2H3,(H,29,30,31)/t16-/m0/s1. The Kier molecular flexibility index (Phi) is 6.68. The van der Waals surface area contributed by atoms with Crippen molar-refractivity contribution in [1.29, 1.82) is 0 Å². The normalized spacial score (nSPS) is 19.6. The average molecular weight is 611 g/mol. The first-order valence-electron chi connectivity index (χ1n) is 13.9. The van der Waals surface area contributed by atoms with Crippen LogP contribution in [0.25, 0.3) is 10.4 Å². The molecule has 0 radical (unpaired) electrons. The maximum absolute atomic E-state index is 13.6. The summed E-state index contributed by atoms with van der Waals surface area (Å²) >= 11 is 1.36. The Hall–Kier alpha value is -3.59. The largest absolute Gasteiger partial charge is 0.447 e. The Bertz CT molecular complexity index is 1700. The second-order valence-electron chi connectivity index (χ2n) is 11.1. The van der Waals surface area contributed by atoms with Crippen LogP contribution in [-0.2, 0) is 26.0 Å². The fourth-order valence-electron chi connectivity index (χ4n) is 5.60. The first kappa shape index (κ1) is 27.3. The Balaban J connectivity index is 1.23. The number of carbonyl (C=O) groups is 2. The highest BCUT2D eigenvalue weighted by molar-refractivity contribution is 7.89. The molecule has 1 aromatic carbocycles. The fourth-order valence-corrected chi connectivity index (χ4v) is 8.04. The second kappa shape index (κ2) is 10.3. The van der Waals surface area contributed by atoms with Crippen LogP contribution in [-0.4, -0.2) is 73.7 Å². The SMILES string of the molecule is Cc1nc(Nc2cccc(N3CCOC3=O)n2)sc1-c1cc2c(c(S(=O)(=O)NC3COC3)c1)C(=O)N([C@@H](C)C1CC1)C2. The zero-order chi connectivity index (χ0) is 29.2. The van der Waals surface area contributed by atoms with Crippen LogP contribution in [0.5, 0.6) is 0 Å². The summed E-state index contributed by atoms with van der Waals surface area (Å²) in [7, 11) is -4.00. The predicted octanol–water partition coefficient (Wildman–Crippen LogP) is 3.65. The average Bonchev–Trinajstić information content (AvgIpc) is 3.48. The first-order chi connectivity index (χ1) is 20.2. The van der Waals surface area contributed by atoms with Crippen molar-refractivity contribution in [1.82, 2.24) is 19.6 Å². The molecule has 2 amide bonds. The number of aryl methyl sites for hydroxylation is 1. The lowest BCUT2D eigenvalue weighted by Crippen LogP contribution is -2.48. The third-order valence-corrected chi connectivity index (χ3v) is 10.8. The lowest BCUT2D eigenvalue weighted by molar-refractivity contribution is 0.00481. The molecule has 12 nitrogen and oxygen atoms in total. The molecule has 2 aromatic heterocycles. The molecule has 1 atom stereocenters. The van der Waals surface area contributed by atoms with E-state index in [-0.39, 0.29) is 28.4 Å². The summed E-state index contributed by atoms with van der Waals surface area (Å²) in [6.45, 7) is 5.63. The molecule has 2 saturated heterocycles. The molecule has 2 N–H and O–H groups in total. The summed E-state index contributed by atoms with van der Waals surface area (Å²) in [5.74, 6) is 1.20. The number of hydrogen-bond donors (Lipinski definition) is 2. The Morgan fingerprint density at radius 2 is 1.95 bits per heavy atom. The van der Waals surface area contributed by atoms with Crippen LogP contribution in [0.2, 0.25) is 0 Å². The Morgan fingerprint density at radius 1 is 1.14 bits per heavy atom. The number of aromatic nitrogens is 2. The number of carbonyl (C=O) groups excluding carboxylic acids is 2. The van der Waals surface area contributed by atoms with Crippen LogP contribution in [0, 0.1) is 12.8 Å². The van der Waals surface area contributed by atoms with Gasteiger partial charge in [-0.1, -0.05) is 17.4 Å². The third-order valence-electron chi connectivity index (χ3n) is 8.11. The van der Waals surface area contributed by atoms with Crippen molar-refractivity contribution < 1.29 is 27.5 Å². The van der Waals surface area contributed by atoms with E-state index in [1.54, 1.807) is 29.2 Å². The van der Waals surface area contributed by atoms with Crippen molar-refractivity contribution >= 4 is 50.1 Å². The zero-order valence-electron chi connectivity index (χ0n) is 23.1. The van der Waals surface area contributed by atoms with E-state index in [1.165, 1.54) is 16.2 Å². The zero-order valence-corrected chi connectivity index (χ0v) is 24.8. The van der Waals surface area contributed by atoms with Crippen LogP contribution < -0.4 is 14.9 Å². The molecule has 3 aromatic rings. The number of amides is 2. The van der Waals surface area contributed by atoms with Gasteiger partial charge in [0.05, 0.1) is 46.8 Å². The van der Waals surface area contributed by atoms with Crippen molar-refractivity contribution in [3.63, 3.8) is 0 Å². The lowest BCUT2D eigenvalue weighted by atomic mass is 10.0. The number of hydrogen-bond acceptors (Lipinski definition) is 10. The molecule has 14 heteroatoms. The first-order valence-corrected chi connectivity index (χ1v) is 16.2. The Morgan fingerprint density at radius 3 is 2.64 bits per heavy atom. The van der Waals surface area contributed by atoms with Crippen LogP contribution in [0.4, 0.5) is 21.6 Å². The number of benzene rings is 1. The van der Waals surface area contributed by atoms with Gasteiger partial charge >= 0.3 is 6.09 Å². The molecule has 7 rings (SSSR count). The number of nitrogens with one attached hydrogen (secondary N) is 2. The quantitative estimate of drug-likeness (QED) is 0.371. The van der Waals surface area contributed by atoms with Gasteiger partial charge in [-0.05, 0) is 68.0 Å². The molecule has 220 valence electrons. The van der Waals surface area contributed by atoms with E-state index in [0.717, 1.165) is 17.7 Å². The van der Waals surface area contributed by atoms with E-state index in [4.69, 9.17) is 9.47 Å². The van der Waals surface area contributed by atoms with Crippen molar-refractivity contribution in [2.24, 2.45) is 5.92 Å². The van der Waals surface area contributed by atoms with Crippen LogP contribution in [0.3, 0.4) is 0 Å². The molecule has 1 aliphatic carbocycles. The van der Waals surface area contributed by atoms with Gasteiger partial charge in [0.1, 0.15) is 18.2 Å². The second-order valence-corrected chi connectivity index (χ2v) is 13.8. The minimum absolute atomic E-state index is 0.00780. The molecule has 0 bridgehead atoms. The van der Waals surface area contributed by atoms with E-state index >= 15 is 0 Å². The fraction of sp³-hybridized carbons (Fsp3) is 0.429. The molecule has 0 unspecified atom stereocenters. The monoisotopic (exact) mass is 610 g/mol. The molecule has 42 heavy (non-hydrogen) atoms. The smallest absolute Gasteiger partial charge is 0.415 e. The van der Waals surface area contributed by atoms with Gasteiger partial charge in [-0.2, -0.15) is 0 Å². The molecule has 3 aliphatic heterocycles. The summed E-state index contributed by atoms with van der Waals surface area (Å²) in [5, 5.41) is 3.77. The molecular weight excluding hydrogens is 580 g/mol. The van der Waals surface area contributed by atoms with Crippen molar-refractivity contribution in [3.05, 3.63) is 47.2 Å². The van der Waals surface area contributed by atoms with Gasteiger partial charge in [-0.3, -0.25) is 9.69 Å². The number of thiazole rings is 1. The molecule has 0 spiro atoms. The van der Waals surface area contributed by atoms with E-state index in [1.807, 2.05) is 19.9 Å². The minimum atomic E-state index is -4.00. The number of nitrogens with zero attached hydrogens (tertiary/aromatic N) is 4. The van der Waals surface area contributed by atoms with Gasteiger partial charge in [0.25, 0.3) is 5.91 Å². The number of sulfonamides is 1. The summed E-state index contributed by atoms with van der Waals surface area (Å²) in [5.41, 5.74) is 2.33. The topological polar surface area (TPSA) is 143 Å². The van der Waals surface area contributed by atoms with Crippen molar-refractivity contribution in [2.75, 3.05) is 36.6 Å². The Labute approximate surface area is 247 Å². The predicted molar refractivity (Wildman–Crippen MR) is 155 cm³/mol. The van der Waals surface area contributed by atoms with Gasteiger partial charge in [0.15, 0.2) is 5.13 Å². The van der Waals surface area contributed by atoms with E-state index in [0.29, 0.717) is 72.4 Å². The van der Waals surface area contributed by atoms with Gasteiger partial charge in [-0.25, -0.2) is 27.9 Å². The summed E-state index contributed by atoms with van der Waals surface area (Å²) in [6.07, 6.45) is 1.73. The van der Waals surface area contributed by atoms with E-state index in [2.05, 4.69) is 20.0 Å². The van der Waals surface area contributed by atoms with E-state index in [9.17, 15) is 18.0 Å². The van der Waals surface area contributed by atoms with Gasteiger partial charge < -0.3 is 19.7 Å². The number of ether oxygens (including phenoxy) is 2.